The Labute approximate surface area is 113 Å². The number of rotatable bonds is 9. The molecule has 0 saturated carbocycles. The molecule has 0 fully saturated rings. The number of nitrogens with one attached hydrogen (secondary N) is 1. The third-order valence-corrected chi connectivity index (χ3v) is 2.84. The lowest BCUT2D eigenvalue weighted by molar-refractivity contribution is 0.160. The predicted molar refractivity (Wildman–Crippen MR) is 72.9 cm³/mol. The summed E-state index contributed by atoms with van der Waals surface area (Å²) < 4.78 is 8.83. The number of likely N-dealkylation sites (N-methyl/N-ethyl adjacent to an activating group) is 1. The van der Waals surface area contributed by atoms with E-state index in [2.05, 4.69) is 26.9 Å². The Kier molecular flexibility index (Phi) is 10.7. The molecule has 0 saturated heterocycles. The molecule has 0 aromatic carbocycles. The Bertz CT molecular complexity index is 261. The minimum Gasteiger partial charge on any atom is -0.383 e. The van der Waals surface area contributed by atoms with Crippen LogP contribution in [0.2, 0.25) is 0 Å². The minimum atomic E-state index is 0. The monoisotopic (exact) mass is 280 g/mol. The van der Waals surface area contributed by atoms with Gasteiger partial charge in [0.2, 0.25) is 0 Å². The van der Waals surface area contributed by atoms with Gasteiger partial charge in [0.05, 0.1) is 12.3 Å². The highest BCUT2D eigenvalue weighted by Gasteiger charge is 1.98. The smallest absolute Gasteiger partial charge is 0.0893 e. The Balaban J connectivity index is 0.00000256. The molecule has 0 atom stereocenters. The first-order chi connectivity index (χ1) is 7.83. The van der Waals surface area contributed by atoms with Gasteiger partial charge in [-0.05, 0) is 38.1 Å². The van der Waals surface area contributed by atoms with Crippen LogP contribution in [0.15, 0.2) is 5.38 Å². The minimum absolute atomic E-state index is 0. The summed E-state index contributed by atoms with van der Waals surface area (Å²) in [6.45, 7) is 4.71. The summed E-state index contributed by atoms with van der Waals surface area (Å²) in [6, 6.07) is 0. The molecule has 1 aromatic rings. The molecule has 0 radical (unpaired) electrons. The molecule has 1 N–H and O–H groups in total. The molecule has 0 aliphatic heterocycles. The van der Waals surface area contributed by atoms with Crippen LogP contribution in [-0.4, -0.2) is 54.9 Å². The van der Waals surface area contributed by atoms with Gasteiger partial charge < -0.3 is 15.0 Å². The summed E-state index contributed by atoms with van der Waals surface area (Å²) in [5.41, 5.74) is 1.03. The fourth-order valence-corrected chi connectivity index (χ4v) is 1.76. The van der Waals surface area contributed by atoms with E-state index in [9.17, 15) is 0 Å². The van der Waals surface area contributed by atoms with Crippen molar-refractivity contribution in [2.24, 2.45) is 0 Å². The molecular formula is C10H21ClN4OS. The van der Waals surface area contributed by atoms with Crippen molar-refractivity contribution in [1.82, 2.24) is 19.8 Å². The van der Waals surface area contributed by atoms with E-state index < -0.39 is 0 Å². The van der Waals surface area contributed by atoms with Crippen molar-refractivity contribution in [1.29, 1.82) is 0 Å². The van der Waals surface area contributed by atoms with Crippen molar-refractivity contribution in [3.05, 3.63) is 11.1 Å². The van der Waals surface area contributed by atoms with Gasteiger partial charge in [0.25, 0.3) is 0 Å². The van der Waals surface area contributed by atoms with Crippen LogP contribution < -0.4 is 5.32 Å². The van der Waals surface area contributed by atoms with Gasteiger partial charge in [0.1, 0.15) is 0 Å². The fourth-order valence-electron chi connectivity index (χ4n) is 1.31. The lowest BCUT2D eigenvalue weighted by atomic mass is 10.3. The quantitative estimate of drug-likeness (QED) is 0.685. The summed E-state index contributed by atoms with van der Waals surface area (Å²) in [6.07, 6.45) is 1.14. The van der Waals surface area contributed by atoms with E-state index in [0.717, 1.165) is 44.9 Å². The lowest BCUT2D eigenvalue weighted by Crippen LogP contribution is -2.26. The number of aromatic nitrogens is 2. The van der Waals surface area contributed by atoms with Crippen LogP contribution in [0.25, 0.3) is 0 Å². The Morgan fingerprint density at radius 3 is 2.94 bits per heavy atom. The van der Waals surface area contributed by atoms with E-state index in [4.69, 9.17) is 4.74 Å². The van der Waals surface area contributed by atoms with E-state index >= 15 is 0 Å². The third-order valence-electron chi connectivity index (χ3n) is 2.28. The van der Waals surface area contributed by atoms with Crippen LogP contribution in [0.4, 0.5) is 0 Å². The van der Waals surface area contributed by atoms with Crippen molar-refractivity contribution in [3.8, 4) is 0 Å². The molecule has 0 spiro atoms. The highest BCUT2D eigenvalue weighted by molar-refractivity contribution is 7.03. The second kappa shape index (κ2) is 10.9. The van der Waals surface area contributed by atoms with Crippen LogP contribution in [0.3, 0.4) is 0 Å². The van der Waals surface area contributed by atoms with Gasteiger partial charge in [-0.1, -0.05) is 4.49 Å². The van der Waals surface area contributed by atoms with Gasteiger partial charge >= 0.3 is 0 Å². The molecule has 0 unspecified atom stereocenters. The Morgan fingerprint density at radius 2 is 2.29 bits per heavy atom. The number of methoxy groups -OCH3 is 1. The van der Waals surface area contributed by atoms with E-state index in [1.807, 2.05) is 5.38 Å². The molecule has 17 heavy (non-hydrogen) atoms. The molecule has 100 valence electrons. The van der Waals surface area contributed by atoms with Crippen LogP contribution in [-0.2, 0) is 11.3 Å². The Hall–Kier alpha value is -0.270. The van der Waals surface area contributed by atoms with Gasteiger partial charge in [0, 0.05) is 25.6 Å². The van der Waals surface area contributed by atoms with Gasteiger partial charge in [-0.3, -0.25) is 0 Å². The molecule has 0 aliphatic carbocycles. The molecule has 1 heterocycles. The van der Waals surface area contributed by atoms with Crippen molar-refractivity contribution in [2.45, 2.75) is 13.0 Å². The summed E-state index contributed by atoms with van der Waals surface area (Å²) in [5, 5.41) is 9.28. The molecular weight excluding hydrogens is 260 g/mol. The first-order valence-corrected chi connectivity index (χ1v) is 6.30. The average molecular weight is 281 g/mol. The molecule has 5 nitrogen and oxygen atoms in total. The van der Waals surface area contributed by atoms with Crippen LogP contribution in [0.5, 0.6) is 0 Å². The largest absolute Gasteiger partial charge is 0.383 e. The molecule has 1 rings (SSSR count). The highest BCUT2D eigenvalue weighted by atomic mass is 35.5. The maximum absolute atomic E-state index is 5.02. The van der Waals surface area contributed by atoms with Gasteiger partial charge in [-0.2, -0.15) is 0 Å². The average Bonchev–Trinajstić information content (AvgIpc) is 2.79. The van der Waals surface area contributed by atoms with E-state index in [1.54, 1.807) is 7.11 Å². The molecule has 0 amide bonds. The first-order valence-electron chi connectivity index (χ1n) is 5.47. The Morgan fingerprint density at radius 1 is 1.47 bits per heavy atom. The van der Waals surface area contributed by atoms with Gasteiger partial charge in [-0.25, -0.2) is 0 Å². The second-order valence-corrected chi connectivity index (χ2v) is 4.33. The maximum atomic E-state index is 5.02. The van der Waals surface area contributed by atoms with Gasteiger partial charge in [0.15, 0.2) is 0 Å². The van der Waals surface area contributed by atoms with Crippen LogP contribution >= 0.6 is 23.9 Å². The topological polar surface area (TPSA) is 50.3 Å². The number of nitrogens with zero attached hydrogens (tertiary/aromatic N) is 3. The molecule has 0 aliphatic rings. The summed E-state index contributed by atoms with van der Waals surface area (Å²) in [4.78, 5) is 2.27. The van der Waals surface area contributed by atoms with Crippen molar-refractivity contribution >= 4 is 23.9 Å². The summed E-state index contributed by atoms with van der Waals surface area (Å²) >= 11 is 1.39. The number of hydrogen-bond acceptors (Lipinski definition) is 6. The number of ether oxygens (including phenoxy) is 1. The van der Waals surface area contributed by atoms with Crippen LogP contribution in [0.1, 0.15) is 12.1 Å². The predicted octanol–water partition coefficient (Wildman–Crippen LogP) is 1.02. The zero-order chi connectivity index (χ0) is 11.6. The van der Waals surface area contributed by atoms with E-state index in [-0.39, 0.29) is 12.4 Å². The molecule has 1 aromatic heterocycles. The van der Waals surface area contributed by atoms with Crippen LogP contribution in [0, 0.1) is 0 Å². The van der Waals surface area contributed by atoms with Crippen molar-refractivity contribution < 1.29 is 4.74 Å². The van der Waals surface area contributed by atoms with Gasteiger partial charge in [-0.15, -0.1) is 17.5 Å². The van der Waals surface area contributed by atoms with E-state index in [0.29, 0.717) is 0 Å². The van der Waals surface area contributed by atoms with Crippen molar-refractivity contribution in [2.75, 3.05) is 40.4 Å². The maximum Gasteiger partial charge on any atom is 0.0893 e. The molecule has 7 heteroatoms. The highest BCUT2D eigenvalue weighted by Crippen LogP contribution is 1.95. The zero-order valence-electron chi connectivity index (χ0n) is 10.4. The number of halogens is 1. The zero-order valence-corrected chi connectivity index (χ0v) is 12.0. The lowest BCUT2D eigenvalue weighted by Gasteiger charge is -2.15. The first kappa shape index (κ1) is 16.7. The normalized spacial score (nSPS) is 10.5. The third kappa shape index (κ3) is 8.45. The standard InChI is InChI=1S/C10H20N4OS.ClH/c1-14(6-7-15-2)5-3-4-11-8-10-9-16-13-12-10;/h9,11H,3-8H2,1-2H3;1H. The fraction of sp³-hybridized carbons (Fsp3) is 0.800. The second-order valence-electron chi connectivity index (χ2n) is 3.72. The summed E-state index contributed by atoms with van der Waals surface area (Å²) in [5.74, 6) is 0. The molecule has 0 bridgehead atoms. The SMILES string of the molecule is COCCN(C)CCCNCc1csnn1.Cl. The van der Waals surface area contributed by atoms with E-state index in [1.165, 1.54) is 11.5 Å². The number of hydrogen-bond donors (Lipinski definition) is 1. The van der Waals surface area contributed by atoms with Crippen molar-refractivity contribution in [3.63, 3.8) is 0 Å². The summed E-state index contributed by atoms with van der Waals surface area (Å²) in [7, 11) is 3.85.